The van der Waals surface area contributed by atoms with Gasteiger partial charge in [0.2, 0.25) is 0 Å². The largest absolute Gasteiger partial charge is 0.478 e. The number of nitrogen functional groups attached to an aromatic ring is 1. The molecule has 1 aromatic carbocycles. The summed E-state index contributed by atoms with van der Waals surface area (Å²) in [5.41, 5.74) is 8.96. The van der Waals surface area contributed by atoms with Crippen LogP contribution in [0.5, 0.6) is 0 Å². The highest BCUT2D eigenvalue weighted by molar-refractivity contribution is 6.00. The number of nitrogens with two attached hydrogens (primary N) is 1. The molecule has 1 aromatic heterocycles. The van der Waals surface area contributed by atoms with Gasteiger partial charge in [-0.3, -0.25) is 0 Å². The van der Waals surface area contributed by atoms with Crippen molar-refractivity contribution in [2.75, 3.05) is 18.1 Å². The van der Waals surface area contributed by atoms with Crippen molar-refractivity contribution >= 4 is 17.3 Å². The second-order valence-corrected chi connectivity index (χ2v) is 4.24. The molecule has 4 N–H and O–H groups in total. The number of anilines is 2. The van der Waals surface area contributed by atoms with Gasteiger partial charge in [-0.15, -0.1) is 0 Å². The fourth-order valence-electron chi connectivity index (χ4n) is 2.15. The minimum Gasteiger partial charge on any atom is -0.478 e. The molecule has 0 spiro atoms. The highest BCUT2D eigenvalue weighted by atomic mass is 16.5. The normalized spacial score (nSPS) is 10.5. The Balaban J connectivity index is 2.70. The first kappa shape index (κ1) is 12.9. The van der Waals surface area contributed by atoms with E-state index in [1.807, 2.05) is 0 Å². The number of hydrogen-bond acceptors (Lipinski definition) is 5. The van der Waals surface area contributed by atoms with Gasteiger partial charge in [-0.1, -0.05) is 5.16 Å². The van der Waals surface area contributed by atoms with Gasteiger partial charge < -0.3 is 20.7 Å². The standard InChI is InChI=1S/C13H15N3O3/c1-6-11(7(2)19-16-6)8-4-9(13(17)18)12(15-3)10(14)5-8/h4-5,15H,14H2,1-3H3,(H,17,18). The van der Waals surface area contributed by atoms with Crippen LogP contribution >= 0.6 is 0 Å². The van der Waals surface area contributed by atoms with E-state index in [2.05, 4.69) is 10.5 Å². The highest BCUT2D eigenvalue weighted by Gasteiger charge is 2.18. The van der Waals surface area contributed by atoms with E-state index in [1.54, 1.807) is 33.0 Å². The maximum Gasteiger partial charge on any atom is 0.337 e. The Morgan fingerprint density at radius 3 is 2.58 bits per heavy atom. The van der Waals surface area contributed by atoms with E-state index in [4.69, 9.17) is 10.3 Å². The lowest BCUT2D eigenvalue weighted by molar-refractivity contribution is 0.0698. The van der Waals surface area contributed by atoms with Crippen LogP contribution in [0.25, 0.3) is 11.1 Å². The number of carboxylic acid groups (broad SMARTS) is 1. The third-order valence-electron chi connectivity index (χ3n) is 2.97. The number of carbonyl (C=O) groups is 1. The number of benzene rings is 1. The summed E-state index contributed by atoms with van der Waals surface area (Å²) in [4.78, 5) is 11.3. The minimum absolute atomic E-state index is 0.123. The number of nitrogens with one attached hydrogen (secondary N) is 1. The van der Waals surface area contributed by atoms with E-state index < -0.39 is 5.97 Å². The van der Waals surface area contributed by atoms with Crippen LogP contribution < -0.4 is 11.1 Å². The number of aromatic carboxylic acids is 1. The van der Waals surface area contributed by atoms with Gasteiger partial charge in [0.15, 0.2) is 0 Å². The van der Waals surface area contributed by atoms with Crippen LogP contribution in [0.1, 0.15) is 21.8 Å². The minimum atomic E-state index is -1.04. The molecule has 19 heavy (non-hydrogen) atoms. The predicted molar refractivity (Wildman–Crippen MR) is 72.3 cm³/mol. The van der Waals surface area contributed by atoms with Crippen LogP contribution in [0.3, 0.4) is 0 Å². The lowest BCUT2D eigenvalue weighted by Crippen LogP contribution is -2.06. The van der Waals surface area contributed by atoms with Crippen LogP contribution in [0.2, 0.25) is 0 Å². The topological polar surface area (TPSA) is 101 Å². The summed E-state index contributed by atoms with van der Waals surface area (Å²) in [6.45, 7) is 3.58. The number of aryl methyl sites for hydroxylation is 2. The Kier molecular flexibility index (Phi) is 3.16. The average molecular weight is 261 g/mol. The molecule has 0 atom stereocenters. The Bertz CT molecular complexity index is 627. The van der Waals surface area contributed by atoms with E-state index in [9.17, 15) is 9.90 Å². The van der Waals surface area contributed by atoms with E-state index in [0.717, 1.165) is 5.56 Å². The molecule has 6 heteroatoms. The van der Waals surface area contributed by atoms with Crippen molar-refractivity contribution < 1.29 is 14.4 Å². The molecule has 0 saturated heterocycles. The molecule has 0 amide bonds. The van der Waals surface area contributed by atoms with Gasteiger partial charge in [0, 0.05) is 12.6 Å². The van der Waals surface area contributed by atoms with Gasteiger partial charge in [0.25, 0.3) is 0 Å². The molecule has 6 nitrogen and oxygen atoms in total. The molecule has 0 aliphatic heterocycles. The molecule has 0 saturated carbocycles. The summed E-state index contributed by atoms with van der Waals surface area (Å²) >= 11 is 0. The van der Waals surface area contributed by atoms with Gasteiger partial charge in [0.1, 0.15) is 5.76 Å². The number of rotatable bonds is 3. The quantitative estimate of drug-likeness (QED) is 0.733. The lowest BCUT2D eigenvalue weighted by Gasteiger charge is -2.11. The second-order valence-electron chi connectivity index (χ2n) is 4.24. The molecule has 2 rings (SSSR count). The van der Waals surface area contributed by atoms with E-state index in [-0.39, 0.29) is 5.56 Å². The lowest BCUT2D eigenvalue weighted by atomic mass is 9.99. The number of nitrogens with zero attached hydrogens (tertiary/aromatic N) is 1. The SMILES string of the molecule is CNc1c(N)cc(-c2c(C)noc2C)cc1C(=O)O. The van der Waals surface area contributed by atoms with E-state index in [0.29, 0.717) is 28.4 Å². The fraction of sp³-hybridized carbons (Fsp3) is 0.231. The van der Waals surface area contributed by atoms with Crippen molar-refractivity contribution in [1.82, 2.24) is 5.16 Å². The molecule has 0 unspecified atom stereocenters. The molecule has 2 aromatic rings. The summed E-state index contributed by atoms with van der Waals surface area (Å²) in [5, 5.41) is 15.9. The molecular formula is C13H15N3O3. The molecule has 100 valence electrons. The molecule has 0 bridgehead atoms. The zero-order valence-corrected chi connectivity index (χ0v) is 10.9. The summed E-state index contributed by atoms with van der Waals surface area (Å²) in [6.07, 6.45) is 0. The van der Waals surface area contributed by atoms with Crippen LogP contribution in [0, 0.1) is 13.8 Å². The summed E-state index contributed by atoms with van der Waals surface area (Å²) in [6, 6.07) is 3.28. The number of hydrogen-bond donors (Lipinski definition) is 3. The van der Waals surface area contributed by atoms with Crippen molar-refractivity contribution in [2.24, 2.45) is 0 Å². The van der Waals surface area contributed by atoms with Gasteiger partial charge in [-0.25, -0.2) is 4.79 Å². The smallest absolute Gasteiger partial charge is 0.337 e. The zero-order chi connectivity index (χ0) is 14.2. The van der Waals surface area contributed by atoms with Crippen LogP contribution in [0.4, 0.5) is 11.4 Å². The molecule has 0 fully saturated rings. The molecule has 0 aliphatic rings. The summed E-state index contributed by atoms with van der Waals surface area (Å²) in [7, 11) is 1.63. The van der Waals surface area contributed by atoms with Gasteiger partial charge >= 0.3 is 5.97 Å². The van der Waals surface area contributed by atoms with Crippen LogP contribution in [-0.2, 0) is 0 Å². The monoisotopic (exact) mass is 261 g/mol. The van der Waals surface area contributed by atoms with Crippen molar-refractivity contribution in [3.8, 4) is 11.1 Å². The van der Waals surface area contributed by atoms with E-state index in [1.165, 1.54) is 0 Å². The van der Waals surface area contributed by atoms with Crippen molar-refractivity contribution in [1.29, 1.82) is 0 Å². The number of carboxylic acids is 1. The molecule has 0 radical (unpaired) electrons. The van der Waals surface area contributed by atoms with E-state index >= 15 is 0 Å². The zero-order valence-electron chi connectivity index (χ0n) is 10.9. The second kappa shape index (κ2) is 4.64. The van der Waals surface area contributed by atoms with Crippen LogP contribution in [0.15, 0.2) is 16.7 Å². The Morgan fingerprint density at radius 2 is 2.11 bits per heavy atom. The molecule has 0 aliphatic carbocycles. The van der Waals surface area contributed by atoms with Crippen molar-refractivity contribution in [2.45, 2.75) is 13.8 Å². The Hall–Kier alpha value is -2.50. The Labute approximate surface area is 110 Å². The first-order valence-electron chi connectivity index (χ1n) is 5.73. The first-order valence-corrected chi connectivity index (χ1v) is 5.73. The maximum absolute atomic E-state index is 11.3. The summed E-state index contributed by atoms with van der Waals surface area (Å²) in [5.74, 6) is -0.407. The predicted octanol–water partition coefficient (Wildman–Crippen LogP) is 2.28. The Morgan fingerprint density at radius 1 is 1.42 bits per heavy atom. The third-order valence-corrected chi connectivity index (χ3v) is 2.97. The van der Waals surface area contributed by atoms with Crippen molar-refractivity contribution in [3.63, 3.8) is 0 Å². The first-order chi connectivity index (χ1) is 8.95. The highest BCUT2D eigenvalue weighted by Crippen LogP contribution is 2.34. The van der Waals surface area contributed by atoms with Gasteiger partial charge in [-0.05, 0) is 31.5 Å². The third kappa shape index (κ3) is 2.12. The fourth-order valence-corrected chi connectivity index (χ4v) is 2.15. The van der Waals surface area contributed by atoms with Gasteiger partial charge in [0.05, 0.1) is 22.6 Å². The molecule has 1 heterocycles. The summed E-state index contributed by atoms with van der Waals surface area (Å²) < 4.78 is 5.09. The number of aromatic nitrogens is 1. The molecular weight excluding hydrogens is 246 g/mol. The maximum atomic E-state index is 11.3. The average Bonchev–Trinajstić information content (AvgIpc) is 2.68. The van der Waals surface area contributed by atoms with Gasteiger partial charge in [-0.2, -0.15) is 0 Å². The van der Waals surface area contributed by atoms with Crippen LogP contribution in [-0.4, -0.2) is 23.3 Å². The van der Waals surface area contributed by atoms with Crippen molar-refractivity contribution in [3.05, 3.63) is 29.2 Å².